The van der Waals surface area contributed by atoms with E-state index in [0.717, 1.165) is 37.2 Å². The molecule has 1 fully saturated rings. The maximum absolute atomic E-state index is 10.0. The summed E-state index contributed by atoms with van der Waals surface area (Å²) in [5, 5.41) is 19.2. The zero-order valence-corrected chi connectivity index (χ0v) is 10.3. The van der Waals surface area contributed by atoms with E-state index in [1.807, 2.05) is 25.1 Å². The molecule has 0 spiro atoms. The van der Waals surface area contributed by atoms with E-state index < -0.39 is 0 Å². The molecule has 0 radical (unpaired) electrons. The standard InChI is InChI=1S/C14H21NO2/c1-2-14(17)12-5-3-4-6-13(12)15-8-7-11(9-15)10-16/h3-6,11,14,16-17H,2,7-10H2,1H3. The fraction of sp³-hybridized carbons (Fsp3) is 0.571. The lowest BCUT2D eigenvalue weighted by Crippen LogP contribution is -2.22. The van der Waals surface area contributed by atoms with Crippen molar-refractivity contribution in [2.45, 2.75) is 25.9 Å². The third kappa shape index (κ3) is 2.61. The van der Waals surface area contributed by atoms with Crippen molar-refractivity contribution in [1.29, 1.82) is 0 Å². The van der Waals surface area contributed by atoms with Crippen molar-refractivity contribution in [3.05, 3.63) is 29.8 Å². The van der Waals surface area contributed by atoms with Crippen molar-refractivity contribution in [3.63, 3.8) is 0 Å². The van der Waals surface area contributed by atoms with E-state index in [0.29, 0.717) is 5.92 Å². The van der Waals surface area contributed by atoms with E-state index in [4.69, 9.17) is 0 Å². The van der Waals surface area contributed by atoms with Gasteiger partial charge in [-0.3, -0.25) is 0 Å². The van der Waals surface area contributed by atoms with Crippen LogP contribution >= 0.6 is 0 Å². The van der Waals surface area contributed by atoms with Gasteiger partial charge in [0.15, 0.2) is 0 Å². The van der Waals surface area contributed by atoms with Gasteiger partial charge in [-0.25, -0.2) is 0 Å². The number of hydrogen-bond acceptors (Lipinski definition) is 3. The van der Waals surface area contributed by atoms with E-state index in [-0.39, 0.29) is 12.7 Å². The number of para-hydroxylation sites is 1. The molecule has 17 heavy (non-hydrogen) atoms. The highest BCUT2D eigenvalue weighted by Crippen LogP contribution is 2.31. The van der Waals surface area contributed by atoms with Crippen LogP contribution in [0.25, 0.3) is 0 Å². The molecule has 0 saturated carbocycles. The fourth-order valence-corrected chi connectivity index (χ4v) is 2.48. The third-order valence-corrected chi connectivity index (χ3v) is 3.57. The fourth-order valence-electron chi connectivity index (χ4n) is 2.48. The zero-order valence-electron chi connectivity index (χ0n) is 10.3. The van der Waals surface area contributed by atoms with Crippen LogP contribution in [0.5, 0.6) is 0 Å². The quantitative estimate of drug-likeness (QED) is 0.838. The first-order valence-corrected chi connectivity index (χ1v) is 6.39. The zero-order chi connectivity index (χ0) is 12.3. The molecule has 0 aliphatic carbocycles. The second-order valence-electron chi connectivity index (χ2n) is 4.77. The average molecular weight is 235 g/mol. The molecule has 1 aromatic rings. The van der Waals surface area contributed by atoms with Gasteiger partial charge >= 0.3 is 0 Å². The molecular formula is C14H21NO2. The average Bonchev–Trinajstić information content (AvgIpc) is 2.86. The first-order valence-electron chi connectivity index (χ1n) is 6.39. The van der Waals surface area contributed by atoms with Gasteiger partial charge in [0.2, 0.25) is 0 Å². The van der Waals surface area contributed by atoms with Crippen LogP contribution in [0, 0.1) is 5.92 Å². The second-order valence-corrected chi connectivity index (χ2v) is 4.77. The highest BCUT2D eigenvalue weighted by atomic mass is 16.3. The number of aliphatic hydroxyl groups excluding tert-OH is 2. The summed E-state index contributed by atoms with van der Waals surface area (Å²) in [5.41, 5.74) is 2.13. The van der Waals surface area contributed by atoms with Crippen LogP contribution in [-0.4, -0.2) is 29.9 Å². The largest absolute Gasteiger partial charge is 0.396 e. The summed E-state index contributed by atoms with van der Waals surface area (Å²) >= 11 is 0. The molecule has 1 heterocycles. The monoisotopic (exact) mass is 235 g/mol. The highest BCUT2D eigenvalue weighted by molar-refractivity contribution is 5.55. The Balaban J connectivity index is 2.20. The maximum atomic E-state index is 10.0. The van der Waals surface area contributed by atoms with Crippen LogP contribution < -0.4 is 4.90 Å². The molecule has 2 rings (SSSR count). The van der Waals surface area contributed by atoms with Crippen LogP contribution in [0.1, 0.15) is 31.4 Å². The predicted octanol–water partition coefficient (Wildman–Crippen LogP) is 1.95. The molecule has 0 aromatic heterocycles. The number of anilines is 1. The number of hydrogen-bond donors (Lipinski definition) is 2. The summed E-state index contributed by atoms with van der Waals surface area (Å²) in [7, 11) is 0. The molecule has 1 aliphatic rings. The van der Waals surface area contributed by atoms with Crippen molar-refractivity contribution in [3.8, 4) is 0 Å². The summed E-state index contributed by atoms with van der Waals surface area (Å²) in [6.07, 6.45) is 1.38. The Labute approximate surface area is 103 Å². The minimum Gasteiger partial charge on any atom is -0.396 e. The van der Waals surface area contributed by atoms with Gasteiger partial charge in [0.25, 0.3) is 0 Å². The van der Waals surface area contributed by atoms with E-state index in [2.05, 4.69) is 11.0 Å². The van der Waals surface area contributed by atoms with Crippen molar-refractivity contribution in [2.75, 3.05) is 24.6 Å². The maximum Gasteiger partial charge on any atom is 0.0807 e. The Bertz CT molecular complexity index is 367. The molecule has 3 heteroatoms. The Kier molecular flexibility index (Phi) is 4.02. The highest BCUT2D eigenvalue weighted by Gasteiger charge is 2.24. The minimum atomic E-state index is -0.389. The minimum absolute atomic E-state index is 0.259. The van der Waals surface area contributed by atoms with Gasteiger partial charge in [-0.05, 0) is 18.9 Å². The number of benzene rings is 1. The molecule has 2 atom stereocenters. The first-order chi connectivity index (χ1) is 8.26. The molecule has 0 amide bonds. The summed E-state index contributed by atoms with van der Waals surface area (Å²) in [6, 6.07) is 8.04. The van der Waals surface area contributed by atoms with E-state index in [1.54, 1.807) is 0 Å². The Morgan fingerprint density at radius 1 is 1.41 bits per heavy atom. The van der Waals surface area contributed by atoms with Crippen molar-refractivity contribution in [2.24, 2.45) is 5.92 Å². The molecule has 1 aromatic carbocycles. The normalized spacial score (nSPS) is 21.8. The van der Waals surface area contributed by atoms with Crippen LogP contribution in [0.4, 0.5) is 5.69 Å². The Morgan fingerprint density at radius 3 is 2.82 bits per heavy atom. The summed E-state index contributed by atoms with van der Waals surface area (Å²) in [4.78, 5) is 2.27. The SMILES string of the molecule is CCC(O)c1ccccc1N1CCC(CO)C1. The molecule has 1 saturated heterocycles. The molecule has 94 valence electrons. The van der Waals surface area contributed by atoms with Crippen LogP contribution in [0.2, 0.25) is 0 Å². The molecule has 2 N–H and O–H groups in total. The van der Waals surface area contributed by atoms with Crippen molar-refractivity contribution in [1.82, 2.24) is 0 Å². The third-order valence-electron chi connectivity index (χ3n) is 3.57. The van der Waals surface area contributed by atoms with E-state index in [1.165, 1.54) is 0 Å². The van der Waals surface area contributed by atoms with Crippen LogP contribution in [0.15, 0.2) is 24.3 Å². The lowest BCUT2D eigenvalue weighted by molar-refractivity contribution is 0.174. The van der Waals surface area contributed by atoms with E-state index >= 15 is 0 Å². The first kappa shape index (κ1) is 12.4. The van der Waals surface area contributed by atoms with Gasteiger partial charge in [0.1, 0.15) is 0 Å². The van der Waals surface area contributed by atoms with Crippen molar-refractivity contribution < 1.29 is 10.2 Å². The van der Waals surface area contributed by atoms with Crippen LogP contribution in [-0.2, 0) is 0 Å². The lowest BCUT2D eigenvalue weighted by Gasteiger charge is -2.23. The van der Waals surface area contributed by atoms with Gasteiger partial charge in [-0.1, -0.05) is 25.1 Å². The van der Waals surface area contributed by atoms with Gasteiger partial charge in [-0.2, -0.15) is 0 Å². The Morgan fingerprint density at radius 2 is 2.18 bits per heavy atom. The molecule has 3 nitrogen and oxygen atoms in total. The van der Waals surface area contributed by atoms with Crippen molar-refractivity contribution >= 4 is 5.69 Å². The number of rotatable bonds is 4. The van der Waals surface area contributed by atoms with Crippen LogP contribution in [0.3, 0.4) is 0 Å². The van der Waals surface area contributed by atoms with Gasteiger partial charge in [0.05, 0.1) is 6.10 Å². The molecule has 2 unspecified atom stereocenters. The number of aliphatic hydroxyl groups is 2. The smallest absolute Gasteiger partial charge is 0.0807 e. The molecular weight excluding hydrogens is 214 g/mol. The van der Waals surface area contributed by atoms with Gasteiger partial charge < -0.3 is 15.1 Å². The van der Waals surface area contributed by atoms with E-state index in [9.17, 15) is 10.2 Å². The predicted molar refractivity (Wildman–Crippen MR) is 69.1 cm³/mol. The summed E-state index contributed by atoms with van der Waals surface area (Å²) < 4.78 is 0. The summed E-state index contributed by atoms with van der Waals surface area (Å²) in [6.45, 7) is 4.11. The topological polar surface area (TPSA) is 43.7 Å². The lowest BCUT2D eigenvalue weighted by atomic mass is 10.0. The summed E-state index contributed by atoms with van der Waals surface area (Å²) in [5.74, 6) is 0.377. The molecule has 1 aliphatic heterocycles. The second kappa shape index (κ2) is 5.52. The molecule has 0 bridgehead atoms. The van der Waals surface area contributed by atoms with Gasteiger partial charge in [0, 0.05) is 36.9 Å². The van der Waals surface area contributed by atoms with Gasteiger partial charge in [-0.15, -0.1) is 0 Å². The number of nitrogens with zero attached hydrogens (tertiary/aromatic N) is 1. The Hall–Kier alpha value is -1.06.